The van der Waals surface area contributed by atoms with Crippen molar-refractivity contribution >= 4 is 19.7 Å². The van der Waals surface area contributed by atoms with Crippen LogP contribution in [0.25, 0.3) is 0 Å². The Hall–Kier alpha value is -2.29. The molecule has 3 atom stereocenters. The van der Waals surface area contributed by atoms with Crippen LogP contribution in [-0.2, 0) is 27.9 Å². The Labute approximate surface area is 464 Å². The summed E-state index contributed by atoms with van der Waals surface area (Å²) < 4.78 is 30.3. The highest BCUT2D eigenvalue weighted by molar-refractivity contribution is 7.45. The maximum absolute atomic E-state index is 13.5. The van der Waals surface area contributed by atoms with Crippen molar-refractivity contribution in [1.82, 2.24) is 5.32 Å². The number of allylic oxidation sites excluding steroid dienone is 9. The molecule has 0 heterocycles. The number of quaternary nitrogens is 1. The number of rotatable bonds is 57. The first-order valence-electron chi connectivity index (χ1n) is 31.6. The number of carbonyl (C=O) groups excluding carboxylic acids is 2. The summed E-state index contributed by atoms with van der Waals surface area (Å²) in [7, 11) is 1.17. The van der Waals surface area contributed by atoms with Gasteiger partial charge in [-0.1, -0.05) is 268 Å². The van der Waals surface area contributed by atoms with Gasteiger partial charge in [0.2, 0.25) is 5.91 Å². The number of hydrogen-bond donors (Lipinski definition) is 1. The lowest BCUT2D eigenvalue weighted by atomic mass is 10.0. The van der Waals surface area contributed by atoms with Crippen molar-refractivity contribution in [2.75, 3.05) is 40.9 Å². The highest BCUT2D eigenvalue weighted by Gasteiger charge is 2.27. The molecule has 0 spiro atoms. The van der Waals surface area contributed by atoms with E-state index in [1.165, 1.54) is 167 Å². The first-order chi connectivity index (χ1) is 36.4. The average Bonchev–Trinajstić information content (AvgIpc) is 3.37. The minimum absolute atomic E-state index is 0.0289. The topological polar surface area (TPSA) is 114 Å². The number of esters is 1. The minimum Gasteiger partial charge on any atom is -0.756 e. The van der Waals surface area contributed by atoms with E-state index in [1.54, 1.807) is 0 Å². The monoisotopic (exact) mass is 1070 g/mol. The molecule has 0 saturated heterocycles. The van der Waals surface area contributed by atoms with Crippen molar-refractivity contribution in [1.29, 1.82) is 0 Å². The number of amides is 1. The van der Waals surface area contributed by atoms with Crippen LogP contribution in [0.5, 0.6) is 0 Å². The van der Waals surface area contributed by atoms with E-state index in [0.29, 0.717) is 17.4 Å². The highest BCUT2D eigenvalue weighted by Crippen LogP contribution is 2.38. The van der Waals surface area contributed by atoms with E-state index in [2.05, 4.69) is 74.7 Å². The van der Waals surface area contributed by atoms with Crippen LogP contribution in [0.2, 0.25) is 0 Å². The number of hydrogen-bond acceptors (Lipinski definition) is 7. The maximum atomic E-state index is 13.5. The third-order valence-corrected chi connectivity index (χ3v) is 14.9. The Bertz CT molecular complexity index is 1470. The summed E-state index contributed by atoms with van der Waals surface area (Å²) >= 11 is 0. The van der Waals surface area contributed by atoms with E-state index < -0.39 is 26.6 Å². The van der Waals surface area contributed by atoms with Gasteiger partial charge < -0.3 is 28.5 Å². The van der Waals surface area contributed by atoms with Gasteiger partial charge in [0.15, 0.2) is 0 Å². The van der Waals surface area contributed by atoms with Crippen LogP contribution in [-0.4, -0.2) is 69.4 Å². The lowest BCUT2D eigenvalue weighted by molar-refractivity contribution is -0.870. The maximum Gasteiger partial charge on any atom is 0.306 e. The number of ether oxygens (including phenoxy) is 1. The second kappa shape index (κ2) is 55.0. The lowest BCUT2D eigenvalue weighted by Crippen LogP contribution is -2.47. The molecule has 0 rings (SSSR count). The van der Waals surface area contributed by atoms with E-state index in [1.807, 2.05) is 33.3 Å². The van der Waals surface area contributed by atoms with Gasteiger partial charge in [0.05, 0.1) is 33.8 Å². The molecule has 0 aromatic rings. The predicted molar refractivity (Wildman–Crippen MR) is 321 cm³/mol. The van der Waals surface area contributed by atoms with Crippen molar-refractivity contribution in [3.8, 4) is 0 Å². The molecule has 3 unspecified atom stereocenters. The third-order valence-electron chi connectivity index (χ3n) is 14.0. The molecule has 0 aliphatic heterocycles. The third kappa shape index (κ3) is 56.2. The number of phosphoric ester groups is 1. The molecule has 10 heteroatoms. The first-order valence-corrected chi connectivity index (χ1v) is 33.1. The average molecular weight is 1070 g/mol. The van der Waals surface area contributed by atoms with Gasteiger partial charge in [-0.2, -0.15) is 0 Å². The van der Waals surface area contributed by atoms with Crippen LogP contribution in [0.4, 0.5) is 0 Å². The summed E-state index contributed by atoms with van der Waals surface area (Å²) in [6, 6.07) is -0.904. The zero-order chi connectivity index (χ0) is 55.0. The molecule has 0 bridgehead atoms. The summed E-state index contributed by atoms with van der Waals surface area (Å²) in [4.78, 5) is 40.0. The van der Waals surface area contributed by atoms with Crippen molar-refractivity contribution in [2.45, 2.75) is 303 Å². The summed E-state index contributed by atoms with van der Waals surface area (Å²) in [5, 5.41) is 3.01. The molecule has 1 amide bonds. The molecule has 9 nitrogen and oxygen atoms in total. The first kappa shape index (κ1) is 72.7. The standard InChI is InChI=1S/C65H121N2O7P/c1-7-10-13-16-19-22-25-28-30-32-33-34-35-36-38-40-43-46-49-52-55-58-65(69)74-63(56-53-50-47-44-41-27-24-21-18-15-12-9-3)62(61-73-75(70,71)72-60-59-67(4,5)6)66-64(68)57-54-51-48-45-42-39-37-31-29-26-23-20-17-14-11-8-2/h11,14,20,23,29,31,39,42,53,56,62-63H,7-10,12-13,15-19,21-22,24-28,30,32-38,40-41,43-52,54-55,57-61H2,1-6H3,(H-,66,68,70,71)/b14-11+,23-20+,31-29+,42-39+,56-53+. The van der Waals surface area contributed by atoms with Crippen LogP contribution >= 0.6 is 7.82 Å². The second-order valence-corrected chi connectivity index (χ2v) is 23.9. The van der Waals surface area contributed by atoms with E-state index in [9.17, 15) is 19.0 Å². The fraction of sp³-hybridized carbons (Fsp3) is 0.815. The summed E-state index contributed by atoms with van der Waals surface area (Å²) in [6.07, 6.45) is 69.1. The SMILES string of the molecule is CC/C=C/C/C=C/C/C=C/C/C=C/CCCCCC(=O)NC(COP(=O)([O-])OCC[N+](C)(C)C)C(/C=C/CCCCCCCCCCCC)OC(=O)CCCCCCCCCCCCCCCCCCCCCCC. The Morgan fingerprint density at radius 3 is 1.29 bits per heavy atom. The zero-order valence-corrected chi connectivity index (χ0v) is 50.9. The molecule has 0 aliphatic rings. The molecular formula is C65H121N2O7P. The molecule has 1 N–H and O–H groups in total. The fourth-order valence-corrected chi connectivity index (χ4v) is 9.83. The van der Waals surface area contributed by atoms with E-state index in [-0.39, 0.29) is 31.3 Å². The van der Waals surface area contributed by atoms with Gasteiger partial charge in [0.25, 0.3) is 7.82 Å². The zero-order valence-electron chi connectivity index (χ0n) is 50.0. The van der Waals surface area contributed by atoms with E-state index in [4.69, 9.17) is 13.8 Å². The summed E-state index contributed by atoms with van der Waals surface area (Å²) in [5.41, 5.74) is 0. The highest BCUT2D eigenvalue weighted by atomic mass is 31.2. The molecule has 0 aliphatic carbocycles. The smallest absolute Gasteiger partial charge is 0.306 e. The number of likely N-dealkylation sites (N-methyl/N-ethyl adjacent to an activating group) is 1. The van der Waals surface area contributed by atoms with Crippen LogP contribution in [0.1, 0.15) is 290 Å². The van der Waals surface area contributed by atoms with E-state index in [0.717, 1.165) is 83.5 Å². The van der Waals surface area contributed by atoms with Crippen molar-refractivity contribution in [3.63, 3.8) is 0 Å². The minimum atomic E-state index is -4.71. The Balaban J connectivity index is 5.23. The summed E-state index contributed by atoms with van der Waals surface area (Å²) in [5.74, 6) is -0.569. The molecule has 75 heavy (non-hydrogen) atoms. The van der Waals surface area contributed by atoms with Gasteiger partial charge in [0, 0.05) is 12.8 Å². The van der Waals surface area contributed by atoms with Crippen LogP contribution < -0.4 is 10.2 Å². The molecule has 0 aromatic carbocycles. The molecular weight excluding hydrogens is 952 g/mol. The largest absolute Gasteiger partial charge is 0.756 e. The van der Waals surface area contributed by atoms with Gasteiger partial charge in [-0.05, 0) is 70.3 Å². The van der Waals surface area contributed by atoms with Crippen molar-refractivity contribution < 1.29 is 37.3 Å². The molecule has 0 fully saturated rings. The number of carbonyl (C=O) groups is 2. The quantitative estimate of drug-likeness (QED) is 0.0212. The summed E-state index contributed by atoms with van der Waals surface area (Å²) in [6.45, 7) is 6.73. The van der Waals surface area contributed by atoms with Gasteiger partial charge in [-0.25, -0.2) is 0 Å². The Kier molecular flexibility index (Phi) is 53.4. The molecule has 0 saturated carbocycles. The van der Waals surface area contributed by atoms with E-state index >= 15 is 0 Å². The number of nitrogens with zero attached hydrogens (tertiary/aromatic N) is 1. The molecule has 0 aromatic heterocycles. The fourth-order valence-electron chi connectivity index (χ4n) is 9.10. The van der Waals surface area contributed by atoms with Crippen molar-refractivity contribution in [3.05, 3.63) is 60.8 Å². The Morgan fingerprint density at radius 2 is 0.853 bits per heavy atom. The molecule has 438 valence electrons. The predicted octanol–water partition coefficient (Wildman–Crippen LogP) is 18.8. The molecule has 0 radical (unpaired) electrons. The second-order valence-electron chi connectivity index (χ2n) is 22.5. The Morgan fingerprint density at radius 1 is 0.480 bits per heavy atom. The van der Waals surface area contributed by atoms with Gasteiger partial charge >= 0.3 is 5.97 Å². The number of unbranched alkanes of at least 4 members (excludes halogenated alkanes) is 33. The number of phosphoric acid groups is 1. The van der Waals surface area contributed by atoms with Crippen LogP contribution in [0.3, 0.4) is 0 Å². The van der Waals surface area contributed by atoms with Crippen LogP contribution in [0, 0.1) is 0 Å². The van der Waals surface area contributed by atoms with Gasteiger partial charge in [-0.15, -0.1) is 0 Å². The van der Waals surface area contributed by atoms with Gasteiger partial charge in [0.1, 0.15) is 19.3 Å². The van der Waals surface area contributed by atoms with Gasteiger partial charge in [-0.3, -0.25) is 14.2 Å². The lowest BCUT2D eigenvalue weighted by Gasteiger charge is -2.30. The normalized spacial score (nSPS) is 14.1. The van der Waals surface area contributed by atoms with Crippen LogP contribution in [0.15, 0.2) is 60.8 Å². The number of nitrogens with one attached hydrogen (secondary N) is 1. The van der Waals surface area contributed by atoms with Crippen molar-refractivity contribution in [2.24, 2.45) is 0 Å².